The summed E-state index contributed by atoms with van der Waals surface area (Å²) in [5, 5.41) is 12.3. The van der Waals surface area contributed by atoms with Crippen LogP contribution in [0.15, 0.2) is 84.0 Å². The molecule has 186 valence electrons. The molecule has 0 radical (unpaired) electrons. The van der Waals surface area contributed by atoms with Crippen LogP contribution < -0.4 is 19.5 Å². The zero-order valence-electron chi connectivity index (χ0n) is 20.4. The molecule has 1 heterocycles. The standard InChI is InChI=1S/C27H28N4O4S/c1-4-34-23-12-10-20(11-13-23)28-25(32)18-36-27-30-29-26(31(27)21-8-6-5-7-9-21)19(2)35-24-16-14-22(33-3)15-17-24/h5-17,19H,4,18H2,1-3H3,(H,28,32). The molecule has 4 aromatic rings. The van der Waals surface area contributed by atoms with Crippen molar-refractivity contribution in [2.24, 2.45) is 0 Å². The van der Waals surface area contributed by atoms with Gasteiger partial charge in [-0.05, 0) is 74.5 Å². The minimum atomic E-state index is -0.391. The molecule has 1 unspecified atom stereocenters. The number of para-hydroxylation sites is 1. The minimum Gasteiger partial charge on any atom is -0.497 e. The molecule has 8 nitrogen and oxygen atoms in total. The highest BCUT2D eigenvalue weighted by Crippen LogP contribution is 2.28. The molecule has 0 spiro atoms. The largest absolute Gasteiger partial charge is 0.497 e. The van der Waals surface area contributed by atoms with Crippen molar-refractivity contribution < 1.29 is 19.0 Å². The smallest absolute Gasteiger partial charge is 0.234 e. The maximum atomic E-state index is 12.6. The van der Waals surface area contributed by atoms with Gasteiger partial charge in [-0.15, -0.1) is 10.2 Å². The Hall–Kier alpha value is -3.98. The van der Waals surface area contributed by atoms with Gasteiger partial charge in [-0.25, -0.2) is 0 Å². The van der Waals surface area contributed by atoms with Crippen LogP contribution in [0.5, 0.6) is 17.2 Å². The van der Waals surface area contributed by atoms with Crippen LogP contribution in [-0.4, -0.2) is 40.1 Å². The van der Waals surface area contributed by atoms with E-state index >= 15 is 0 Å². The monoisotopic (exact) mass is 504 g/mol. The van der Waals surface area contributed by atoms with Gasteiger partial charge >= 0.3 is 0 Å². The first kappa shape index (κ1) is 25.1. The molecule has 0 aliphatic heterocycles. The molecule has 0 aliphatic carbocycles. The van der Waals surface area contributed by atoms with Crippen molar-refractivity contribution in [2.45, 2.75) is 25.1 Å². The maximum absolute atomic E-state index is 12.6. The number of anilines is 1. The molecule has 4 rings (SSSR count). The fraction of sp³-hybridized carbons (Fsp3) is 0.222. The van der Waals surface area contributed by atoms with Crippen LogP contribution in [0.25, 0.3) is 5.69 Å². The van der Waals surface area contributed by atoms with Gasteiger partial charge in [0.25, 0.3) is 0 Å². The van der Waals surface area contributed by atoms with Gasteiger partial charge in [0.15, 0.2) is 17.1 Å². The number of amides is 1. The van der Waals surface area contributed by atoms with Crippen LogP contribution in [0.4, 0.5) is 5.69 Å². The zero-order valence-corrected chi connectivity index (χ0v) is 21.2. The van der Waals surface area contributed by atoms with E-state index in [1.807, 2.05) is 97.3 Å². The average molecular weight is 505 g/mol. The minimum absolute atomic E-state index is 0.143. The predicted molar refractivity (Wildman–Crippen MR) is 140 cm³/mol. The third-order valence-electron chi connectivity index (χ3n) is 5.19. The van der Waals surface area contributed by atoms with E-state index in [2.05, 4.69) is 15.5 Å². The van der Waals surface area contributed by atoms with Gasteiger partial charge in [0.1, 0.15) is 17.2 Å². The number of ether oxygens (including phenoxy) is 3. The molecule has 36 heavy (non-hydrogen) atoms. The van der Waals surface area contributed by atoms with Gasteiger partial charge < -0.3 is 19.5 Å². The van der Waals surface area contributed by atoms with E-state index in [-0.39, 0.29) is 11.7 Å². The third-order valence-corrected chi connectivity index (χ3v) is 6.12. The summed E-state index contributed by atoms with van der Waals surface area (Å²) < 4.78 is 18.7. The highest BCUT2D eigenvalue weighted by Gasteiger charge is 2.21. The topological polar surface area (TPSA) is 87.5 Å². The molecule has 0 saturated carbocycles. The second kappa shape index (κ2) is 12.1. The molecule has 0 saturated heterocycles. The van der Waals surface area contributed by atoms with Crippen molar-refractivity contribution >= 4 is 23.4 Å². The van der Waals surface area contributed by atoms with Gasteiger partial charge in [0.05, 0.1) is 19.5 Å². The summed E-state index contributed by atoms with van der Waals surface area (Å²) in [6, 6.07) is 24.4. The van der Waals surface area contributed by atoms with E-state index in [0.29, 0.717) is 29.0 Å². The van der Waals surface area contributed by atoms with E-state index in [9.17, 15) is 4.79 Å². The van der Waals surface area contributed by atoms with Crippen molar-refractivity contribution in [3.63, 3.8) is 0 Å². The Labute approximate surface area is 214 Å². The maximum Gasteiger partial charge on any atom is 0.234 e. The quantitative estimate of drug-likeness (QED) is 0.268. The van der Waals surface area contributed by atoms with Crippen LogP contribution in [0, 0.1) is 0 Å². The molecule has 1 N–H and O–H groups in total. The van der Waals surface area contributed by atoms with Crippen molar-refractivity contribution in [1.82, 2.24) is 14.8 Å². The Morgan fingerprint density at radius 2 is 1.61 bits per heavy atom. The van der Waals surface area contributed by atoms with Gasteiger partial charge in [0.2, 0.25) is 5.91 Å². The predicted octanol–water partition coefficient (Wildman–Crippen LogP) is 5.55. The first-order valence-corrected chi connectivity index (χ1v) is 12.5. The van der Waals surface area contributed by atoms with Crippen molar-refractivity contribution in [3.05, 3.63) is 84.7 Å². The summed E-state index contributed by atoms with van der Waals surface area (Å²) in [5.41, 5.74) is 1.59. The molecule has 0 bridgehead atoms. The zero-order chi connectivity index (χ0) is 25.3. The number of hydrogen-bond donors (Lipinski definition) is 1. The van der Waals surface area contributed by atoms with Gasteiger partial charge in [0, 0.05) is 11.4 Å². The normalized spacial score (nSPS) is 11.5. The van der Waals surface area contributed by atoms with Gasteiger partial charge in [-0.1, -0.05) is 30.0 Å². The fourth-order valence-corrected chi connectivity index (χ4v) is 4.26. The van der Waals surface area contributed by atoms with E-state index < -0.39 is 6.10 Å². The number of methoxy groups -OCH3 is 1. The number of thioether (sulfide) groups is 1. The summed E-state index contributed by atoms with van der Waals surface area (Å²) >= 11 is 1.31. The average Bonchev–Trinajstić information content (AvgIpc) is 3.34. The molecule has 3 aromatic carbocycles. The van der Waals surface area contributed by atoms with Crippen LogP contribution in [0.1, 0.15) is 25.8 Å². The van der Waals surface area contributed by atoms with E-state index in [1.165, 1.54) is 11.8 Å². The summed E-state index contributed by atoms with van der Waals surface area (Å²) in [6.45, 7) is 4.44. The Morgan fingerprint density at radius 1 is 0.944 bits per heavy atom. The Bertz CT molecular complexity index is 1260. The molecule has 9 heteroatoms. The van der Waals surface area contributed by atoms with Crippen LogP contribution in [0.2, 0.25) is 0 Å². The highest BCUT2D eigenvalue weighted by atomic mass is 32.2. The molecule has 0 aliphatic rings. The Balaban J connectivity index is 1.48. The summed E-state index contributed by atoms with van der Waals surface area (Å²) in [5.74, 6) is 2.87. The number of hydrogen-bond acceptors (Lipinski definition) is 7. The third kappa shape index (κ3) is 6.37. The van der Waals surface area contributed by atoms with Crippen LogP contribution in [0.3, 0.4) is 0 Å². The van der Waals surface area contributed by atoms with E-state index in [0.717, 1.165) is 17.2 Å². The van der Waals surface area contributed by atoms with E-state index in [1.54, 1.807) is 7.11 Å². The lowest BCUT2D eigenvalue weighted by molar-refractivity contribution is -0.113. The SMILES string of the molecule is CCOc1ccc(NC(=O)CSc2nnc(C(C)Oc3ccc(OC)cc3)n2-c2ccccc2)cc1. The highest BCUT2D eigenvalue weighted by molar-refractivity contribution is 7.99. The second-order valence-electron chi connectivity index (χ2n) is 7.74. The molecule has 1 atom stereocenters. The van der Waals surface area contributed by atoms with Crippen LogP contribution >= 0.6 is 11.8 Å². The number of aromatic nitrogens is 3. The lowest BCUT2D eigenvalue weighted by atomic mass is 10.3. The number of nitrogens with zero attached hydrogens (tertiary/aromatic N) is 3. The second-order valence-corrected chi connectivity index (χ2v) is 8.68. The first-order valence-electron chi connectivity index (χ1n) is 11.5. The number of carbonyl (C=O) groups is 1. The van der Waals surface area contributed by atoms with Crippen molar-refractivity contribution in [3.8, 4) is 22.9 Å². The number of nitrogens with one attached hydrogen (secondary N) is 1. The molecule has 1 aromatic heterocycles. The molecule has 0 fully saturated rings. The van der Waals surface area contributed by atoms with E-state index in [4.69, 9.17) is 14.2 Å². The summed E-state index contributed by atoms with van der Waals surface area (Å²) in [6.07, 6.45) is -0.391. The molecular weight excluding hydrogens is 476 g/mol. The van der Waals surface area contributed by atoms with Crippen molar-refractivity contribution in [2.75, 3.05) is 24.8 Å². The van der Waals surface area contributed by atoms with Crippen LogP contribution in [-0.2, 0) is 4.79 Å². The molecular formula is C27H28N4O4S. The number of carbonyl (C=O) groups excluding carboxylic acids is 1. The number of benzene rings is 3. The van der Waals surface area contributed by atoms with Crippen molar-refractivity contribution in [1.29, 1.82) is 0 Å². The molecule has 1 amide bonds. The Kier molecular flexibility index (Phi) is 8.46. The fourth-order valence-electron chi connectivity index (χ4n) is 3.50. The lowest BCUT2D eigenvalue weighted by Gasteiger charge is -2.17. The summed E-state index contributed by atoms with van der Waals surface area (Å²) in [7, 11) is 1.62. The summed E-state index contributed by atoms with van der Waals surface area (Å²) in [4.78, 5) is 12.6. The van der Waals surface area contributed by atoms with Gasteiger partial charge in [-0.3, -0.25) is 9.36 Å². The Morgan fingerprint density at radius 3 is 2.28 bits per heavy atom. The van der Waals surface area contributed by atoms with Gasteiger partial charge in [-0.2, -0.15) is 0 Å². The number of rotatable bonds is 11. The lowest BCUT2D eigenvalue weighted by Crippen LogP contribution is -2.15. The first-order chi connectivity index (χ1) is 17.6.